The number of pyridine rings is 1. The van der Waals surface area contributed by atoms with E-state index in [1.807, 2.05) is 36.2 Å². The highest BCUT2D eigenvalue weighted by Gasteiger charge is 2.30. The van der Waals surface area contributed by atoms with Gasteiger partial charge in [-0.3, -0.25) is 14.3 Å². The minimum absolute atomic E-state index is 0.0251. The number of likely N-dealkylation sites (tertiary alicyclic amines) is 1. The zero-order valence-corrected chi connectivity index (χ0v) is 16.6. The van der Waals surface area contributed by atoms with Gasteiger partial charge in [0.25, 0.3) is 0 Å². The summed E-state index contributed by atoms with van der Waals surface area (Å²) in [6.07, 6.45) is 6.20. The minimum Gasteiger partial charge on any atom is -0.408 e. The van der Waals surface area contributed by atoms with Gasteiger partial charge in [0.2, 0.25) is 5.91 Å². The van der Waals surface area contributed by atoms with Crippen LogP contribution in [-0.2, 0) is 11.3 Å². The predicted octanol–water partition coefficient (Wildman–Crippen LogP) is 2.64. The quantitative estimate of drug-likeness (QED) is 0.523. The van der Waals surface area contributed by atoms with Gasteiger partial charge in [-0.1, -0.05) is 12.1 Å². The summed E-state index contributed by atoms with van der Waals surface area (Å²) >= 11 is 0. The number of carbonyl (C=O) groups excluding carboxylic acids is 1. The molecule has 0 aliphatic carbocycles. The summed E-state index contributed by atoms with van der Waals surface area (Å²) in [4.78, 5) is 35.6. The molecule has 5 rings (SSSR count). The van der Waals surface area contributed by atoms with Gasteiger partial charge in [0.1, 0.15) is 12.4 Å². The molecule has 0 spiro atoms. The number of nitrogens with zero attached hydrogens (tertiary/aromatic N) is 5. The zero-order valence-electron chi connectivity index (χ0n) is 16.6. The van der Waals surface area contributed by atoms with Crippen molar-refractivity contribution in [1.29, 1.82) is 0 Å². The highest BCUT2D eigenvalue weighted by atomic mass is 16.4. The van der Waals surface area contributed by atoms with Crippen LogP contribution in [-0.4, -0.2) is 43.0 Å². The van der Waals surface area contributed by atoms with Crippen molar-refractivity contribution in [3.63, 3.8) is 0 Å². The van der Waals surface area contributed by atoms with Crippen molar-refractivity contribution in [2.75, 3.05) is 13.1 Å². The second-order valence-corrected chi connectivity index (χ2v) is 7.53. The summed E-state index contributed by atoms with van der Waals surface area (Å²) in [6, 6.07) is 11.2. The summed E-state index contributed by atoms with van der Waals surface area (Å²) in [7, 11) is 0. The lowest BCUT2D eigenvalue weighted by Gasteiger charge is -2.20. The van der Waals surface area contributed by atoms with Crippen molar-refractivity contribution >= 4 is 17.0 Å². The van der Waals surface area contributed by atoms with Crippen molar-refractivity contribution in [2.45, 2.75) is 25.9 Å². The van der Waals surface area contributed by atoms with Crippen LogP contribution in [0.2, 0.25) is 0 Å². The molecule has 8 nitrogen and oxygen atoms in total. The SMILES string of the molecule is Cc1cnc(-c2ccncc2)n1C1CCN(C(=O)Cn2c(=O)oc3ccccc32)C1. The number of rotatable bonds is 4. The van der Waals surface area contributed by atoms with Gasteiger partial charge in [-0.2, -0.15) is 0 Å². The molecule has 30 heavy (non-hydrogen) atoms. The minimum atomic E-state index is -0.509. The Labute approximate surface area is 172 Å². The van der Waals surface area contributed by atoms with Crippen molar-refractivity contribution in [2.24, 2.45) is 0 Å². The highest BCUT2D eigenvalue weighted by molar-refractivity contribution is 5.79. The van der Waals surface area contributed by atoms with Crippen LogP contribution in [0.5, 0.6) is 0 Å². The van der Waals surface area contributed by atoms with Gasteiger partial charge in [0.05, 0.1) is 11.6 Å². The van der Waals surface area contributed by atoms with Crippen LogP contribution < -0.4 is 5.76 Å². The normalized spacial score (nSPS) is 16.4. The molecule has 0 bridgehead atoms. The third-order valence-corrected chi connectivity index (χ3v) is 5.67. The van der Waals surface area contributed by atoms with Crippen molar-refractivity contribution < 1.29 is 9.21 Å². The number of benzene rings is 1. The van der Waals surface area contributed by atoms with E-state index in [0.29, 0.717) is 24.2 Å². The fourth-order valence-corrected chi connectivity index (χ4v) is 4.20. The van der Waals surface area contributed by atoms with Crippen molar-refractivity contribution in [3.05, 3.63) is 71.2 Å². The molecule has 8 heteroatoms. The highest BCUT2D eigenvalue weighted by Crippen LogP contribution is 2.29. The third kappa shape index (κ3) is 3.10. The molecule has 1 saturated heterocycles. The first-order chi connectivity index (χ1) is 14.6. The topological polar surface area (TPSA) is 86.2 Å². The molecule has 1 aliphatic heterocycles. The van der Waals surface area contributed by atoms with Crippen LogP contribution >= 0.6 is 0 Å². The van der Waals surface area contributed by atoms with Crippen LogP contribution in [0, 0.1) is 6.92 Å². The van der Waals surface area contributed by atoms with E-state index in [1.165, 1.54) is 4.57 Å². The Balaban J connectivity index is 1.37. The standard InChI is InChI=1S/C22H21N5O3/c1-15-12-24-21(16-6-9-23-10-7-16)27(15)17-8-11-25(13-17)20(28)14-26-18-4-2-3-5-19(18)30-22(26)29/h2-7,9-10,12,17H,8,11,13-14H2,1H3. The first kappa shape index (κ1) is 18.4. The molecular weight excluding hydrogens is 382 g/mol. The van der Waals surface area contributed by atoms with Crippen LogP contribution in [0.4, 0.5) is 0 Å². The fourth-order valence-electron chi connectivity index (χ4n) is 4.20. The summed E-state index contributed by atoms with van der Waals surface area (Å²) in [5.41, 5.74) is 3.18. The van der Waals surface area contributed by atoms with Crippen molar-refractivity contribution in [1.82, 2.24) is 24.0 Å². The van der Waals surface area contributed by atoms with Gasteiger partial charge in [-0.25, -0.2) is 9.78 Å². The largest absolute Gasteiger partial charge is 0.420 e. The predicted molar refractivity (Wildman–Crippen MR) is 111 cm³/mol. The summed E-state index contributed by atoms with van der Waals surface area (Å²) in [5, 5.41) is 0. The average molecular weight is 403 g/mol. The Bertz CT molecular complexity index is 1270. The lowest BCUT2D eigenvalue weighted by atomic mass is 10.2. The Hall–Kier alpha value is -3.68. The molecule has 1 atom stereocenters. The van der Waals surface area contributed by atoms with E-state index < -0.39 is 5.76 Å². The van der Waals surface area contributed by atoms with E-state index in [9.17, 15) is 9.59 Å². The average Bonchev–Trinajstić information content (AvgIpc) is 3.46. The molecule has 1 fully saturated rings. The first-order valence-corrected chi connectivity index (χ1v) is 9.92. The number of oxazole rings is 1. The number of aromatic nitrogens is 4. The van der Waals surface area contributed by atoms with Gasteiger partial charge >= 0.3 is 5.76 Å². The molecule has 4 heterocycles. The lowest BCUT2D eigenvalue weighted by Crippen LogP contribution is -2.34. The van der Waals surface area contributed by atoms with Gasteiger partial charge in [-0.05, 0) is 37.6 Å². The number of amides is 1. The Morgan fingerprint density at radius 3 is 2.83 bits per heavy atom. The number of para-hydroxylation sites is 2. The summed E-state index contributed by atoms with van der Waals surface area (Å²) in [6.45, 7) is 3.22. The van der Waals surface area contributed by atoms with E-state index in [2.05, 4.69) is 14.5 Å². The molecule has 1 aliphatic rings. The van der Waals surface area contributed by atoms with E-state index in [-0.39, 0.29) is 18.5 Å². The maximum absolute atomic E-state index is 13.0. The second kappa shape index (κ2) is 7.29. The number of hydrogen-bond donors (Lipinski definition) is 0. The number of imidazole rings is 1. The maximum Gasteiger partial charge on any atom is 0.420 e. The van der Waals surface area contributed by atoms with E-state index in [0.717, 1.165) is 23.5 Å². The molecule has 1 unspecified atom stereocenters. The third-order valence-electron chi connectivity index (χ3n) is 5.67. The number of aryl methyl sites for hydroxylation is 1. The maximum atomic E-state index is 13.0. The molecule has 0 N–H and O–H groups in total. The fraction of sp³-hybridized carbons (Fsp3) is 0.273. The van der Waals surface area contributed by atoms with Crippen LogP contribution in [0.1, 0.15) is 18.2 Å². The smallest absolute Gasteiger partial charge is 0.408 e. The van der Waals surface area contributed by atoms with Crippen LogP contribution in [0.3, 0.4) is 0 Å². The molecule has 4 aromatic rings. The Morgan fingerprint density at radius 1 is 1.20 bits per heavy atom. The summed E-state index contributed by atoms with van der Waals surface area (Å²) < 4.78 is 8.84. The summed E-state index contributed by atoms with van der Waals surface area (Å²) in [5.74, 6) is 0.284. The molecule has 0 saturated carbocycles. The van der Waals surface area contributed by atoms with E-state index in [4.69, 9.17) is 4.42 Å². The van der Waals surface area contributed by atoms with Crippen LogP contribution in [0.15, 0.2) is 64.2 Å². The molecule has 152 valence electrons. The van der Waals surface area contributed by atoms with Gasteiger partial charge < -0.3 is 13.9 Å². The molecule has 1 amide bonds. The number of hydrogen-bond acceptors (Lipinski definition) is 5. The monoisotopic (exact) mass is 403 g/mol. The Morgan fingerprint density at radius 2 is 2.00 bits per heavy atom. The van der Waals surface area contributed by atoms with Crippen molar-refractivity contribution in [3.8, 4) is 11.4 Å². The van der Waals surface area contributed by atoms with Crippen LogP contribution in [0.25, 0.3) is 22.5 Å². The molecule has 0 radical (unpaired) electrons. The first-order valence-electron chi connectivity index (χ1n) is 9.92. The molecular formula is C22H21N5O3. The van der Waals surface area contributed by atoms with E-state index in [1.54, 1.807) is 30.6 Å². The van der Waals surface area contributed by atoms with Gasteiger partial charge in [0.15, 0.2) is 5.58 Å². The Kier molecular flexibility index (Phi) is 4.46. The van der Waals surface area contributed by atoms with Gasteiger partial charge in [0, 0.05) is 42.9 Å². The molecule has 3 aromatic heterocycles. The lowest BCUT2D eigenvalue weighted by molar-refractivity contribution is -0.130. The van der Waals surface area contributed by atoms with E-state index >= 15 is 0 Å². The second-order valence-electron chi connectivity index (χ2n) is 7.53. The van der Waals surface area contributed by atoms with Gasteiger partial charge in [-0.15, -0.1) is 0 Å². The number of fused-ring (bicyclic) bond motifs is 1. The molecule has 1 aromatic carbocycles. The zero-order chi connectivity index (χ0) is 20.7. The number of carbonyl (C=O) groups is 1.